The van der Waals surface area contributed by atoms with Crippen LogP contribution in [-0.2, 0) is 6.54 Å². The standard InChI is InChI=1S/C26H27ClN6O2/c1-18-23(17-33(30-18)22-5-3-2-4-6-22)24-29-26(35-31-24)25(34)28-15-19-11-13-32(14-12-19)16-20-7-9-21(27)10-8-20/h2-10,17,19H,11-16H2,1H3,(H,28,34). The van der Waals surface area contributed by atoms with E-state index in [1.54, 1.807) is 4.68 Å². The highest BCUT2D eigenvalue weighted by Crippen LogP contribution is 2.22. The van der Waals surface area contributed by atoms with E-state index in [0.29, 0.717) is 18.3 Å². The number of nitrogens with zero attached hydrogens (tertiary/aromatic N) is 5. The van der Waals surface area contributed by atoms with Gasteiger partial charge < -0.3 is 9.84 Å². The van der Waals surface area contributed by atoms with Gasteiger partial charge in [0.1, 0.15) is 0 Å². The molecule has 35 heavy (non-hydrogen) atoms. The lowest BCUT2D eigenvalue weighted by Crippen LogP contribution is -2.38. The van der Waals surface area contributed by atoms with E-state index >= 15 is 0 Å². The molecule has 2 aromatic carbocycles. The Bertz CT molecular complexity index is 1280. The number of para-hydroxylation sites is 1. The summed E-state index contributed by atoms with van der Waals surface area (Å²) in [6.07, 6.45) is 3.90. The summed E-state index contributed by atoms with van der Waals surface area (Å²) >= 11 is 5.97. The van der Waals surface area contributed by atoms with Gasteiger partial charge in [-0.15, -0.1) is 0 Å². The maximum atomic E-state index is 12.6. The molecule has 2 aromatic heterocycles. The van der Waals surface area contributed by atoms with Crippen LogP contribution in [0.15, 0.2) is 65.3 Å². The van der Waals surface area contributed by atoms with Crippen LogP contribution in [0.25, 0.3) is 17.1 Å². The Morgan fingerprint density at radius 2 is 1.86 bits per heavy atom. The number of amides is 1. The molecule has 1 fully saturated rings. The monoisotopic (exact) mass is 490 g/mol. The van der Waals surface area contributed by atoms with Crippen LogP contribution in [0.1, 0.15) is 34.8 Å². The van der Waals surface area contributed by atoms with Crippen molar-refractivity contribution in [1.29, 1.82) is 0 Å². The number of nitrogens with one attached hydrogen (secondary N) is 1. The van der Waals surface area contributed by atoms with Crippen molar-refractivity contribution in [2.75, 3.05) is 19.6 Å². The van der Waals surface area contributed by atoms with Gasteiger partial charge in [-0.1, -0.05) is 47.1 Å². The third kappa shape index (κ3) is 5.61. The topological polar surface area (TPSA) is 89.1 Å². The third-order valence-corrected chi connectivity index (χ3v) is 6.61. The fourth-order valence-electron chi connectivity index (χ4n) is 4.33. The van der Waals surface area contributed by atoms with Crippen molar-refractivity contribution >= 4 is 17.5 Å². The average molecular weight is 491 g/mol. The molecule has 1 amide bonds. The molecule has 0 unspecified atom stereocenters. The molecule has 0 radical (unpaired) electrons. The Balaban J connectivity index is 1.13. The minimum absolute atomic E-state index is 0.0352. The van der Waals surface area contributed by atoms with Crippen molar-refractivity contribution in [3.8, 4) is 17.1 Å². The minimum Gasteiger partial charge on any atom is -0.348 e. The summed E-state index contributed by atoms with van der Waals surface area (Å²) in [6, 6.07) is 17.8. The summed E-state index contributed by atoms with van der Waals surface area (Å²) in [5, 5.41) is 12.3. The summed E-state index contributed by atoms with van der Waals surface area (Å²) < 4.78 is 7.02. The van der Waals surface area contributed by atoms with Crippen LogP contribution in [0.3, 0.4) is 0 Å². The van der Waals surface area contributed by atoms with E-state index < -0.39 is 0 Å². The Morgan fingerprint density at radius 1 is 1.11 bits per heavy atom. The number of hydrogen-bond acceptors (Lipinski definition) is 6. The number of aryl methyl sites for hydroxylation is 1. The first-order chi connectivity index (χ1) is 17.0. The van der Waals surface area contributed by atoms with Gasteiger partial charge in [0.25, 0.3) is 0 Å². The molecule has 8 nitrogen and oxygen atoms in total. The maximum absolute atomic E-state index is 12.6. The molecule has 0 bridgehead atoms. The van der Waals surface area contributed by atoms with Crippen molar-refractivity contribution in [3.63, 3.8) is 0 Å². The summed E-state index contributed by atoms with van der Waals surface area (Å²) in [7, 11) is 0. The zero-order valence-electron chi connectivity index (χ0n) is 19.5. The quantitative estimate of drug-likeness (QED) is 0.409. The van der Waals surface area contributed by atoms with Crippen LogP contribution < -0.4 is 5.32 Å². The predicted molar refractivity (Wildman–Crippen MR) is 133 cm³/mol. The number of aromatic nitrogens is 4. The van der Waals surface area contributed by atoms with Crippen LogP contribution in [0.2, 0.25) is 5.02 Å². The first kappa shape index (κ1) is 23.3. The summed E-state index contributed by atoms with van der Waals surface area (Å²) in [5.41, 5.74) is 3.68. The first-order valence-electron chi connectivity index (χ1n) is 11.8. The van der Waals surface area contributed by atoms with Gasteiger partial charge in [0.2, 0.25) is 5.82 Å². The van der Waals surface area contributed by atoms with Crippen molar-refractivity contribution in [2.24, 2.45) is 5.92 Å². The van der Waals surface area contributed by atoms with Crippen LogP contribution in [0.5, 0.6) is 0 Å². The predicted octanol–water partition coefficient (Wildman–Crippen LogP) is 4.53. The van der Waals surface area contributed by atoms with Gasteiger partial charge in [0.05, 0.1) is 16.9 Å². The average Bonchev–Trinajstić information content (AvgIpc) is 3.52. The number of benzene rings is 2. The minimum atomic E-state index is -0.347. The lowest BCUT2D eigenvalue weighted by molar-refractivity contribution is 0.0891. The molecule has 3 heterocycles. The molecule has 0 atom stereocenters. The SMILES string of the molecule is Cc1nn(-c2ccccc2)cc1-c1noc(C(=O)NCC2CCN(Cc3ccc(Cl)cc3)CC2)n1. The van der Waals surface area contributed by atoms with Gasteiger partial charge in [-0.3, -0.25) is 9.69 Å². The largest absolute Gasteiger partial charge is 0.348 e. The highest BCUT2D eigenvalue weighted by molar-refractivity contribution is 6.30. The highest BCUT2D eigenvalue weighted by atomic mass is 35.5. The molecular formula is C26H27ClN6O2. The van der Waals surface area contributed by atoms with E-state index in [1.807, 2.05) is 55.6 Å². The first-order valence-corrected chi connectivity index (χ1v) is 12.1. The molecule has 9 heteroatoms. The van der Waals surface area contributed by atoms with Crippen LogP contribution >= 0.6 is 11.6 Å². The molecule has 180 valence electrons. The van der Waals surface area contributed by atoms with E-state index in [4.69, 9.17) is 16.1 Å². The smallest absolute Gasteiger partial charge is 0.316 e. The Morgan fingerprint density at radius 3 is 2.60 bits per heavy atom. The number of piperidine rings is 1. The fraction of sp³-hybridized carbons (Fsp3) is 0.308. The Kier molecular flexibility index (Phi) is 6.92. The van der Waals surface area contributed by atoms with E-state index in [-0.39, 0.29) is 11.8 Å². The van der Waals surface area contributed by atoms with Crippen molar-refractivity contribution in [2.45, 2.75) is 26.3 Å². The Hall–Kier alpha value is -3.49. The van der Waals surface area contributed by atoms with E-state index in [1.165, 1.54) is 5.56 Å². The number of likely N-dealkylation sites (tertiary alicyclic amines) is 1. The van der Waals surface area contributed by atoms with Crippen LogP contribution in [0.4, 0.5) is 0 Å². The summed E-state index contributed by atoms with van der Waals surface area (Å²) in [5.74, 6) is 0.395. The third-order valence-electron chi connectivity index (χ3n) is 6.36. The molecule has 0 spiro atoms. The van der Waals surface area contributed by atoms with Gasteiger partial charge in [-0.2, -0.15) is 10.1 Å². The van der Waals surface area contributed by atoms with Crippen LogP contribution in [0, 0.1) is 12.8 Å². The normalized spacial score (nSPS) is 14.8. The number of rotatable bonds is 7. The van der Waals surface area contributed by atoms with E-state index in [9.17, 15) is 4.79 Å². The van der Waals surface area contributed by atoms with Gasteiger partial charge in [0, 0.05) is 24.3 Å². The van der Waals surface area contributed by atoms with Crippen LogP contribution in [-0.4, -0.2) is 50.4 Å². The lowest BCUT2D eigenvalue weighted by atomic mass is 9.96. The zero-order valence-corrected chi connectivity index (χ0v) is 20.3. The summed E-state index contributed by atoms with van der Waals surface area (Å²) in [4.78, 5) is 19.4. The Labute approximate surface area is 208 Å². The summed E-state index contributed by atoms with van der Waals surface area (Å²) in [6.45, 7) is 5.39. The van der Waals surface area contributed by atoms with Gasteiger partial charge in [0.15, 0.2) is 0 Å². The molecule has 0 saturated carbocycles. The molecule has 1 saturated heterocycles. The van der Waals surface area contributed by atoms with E-state index in [0.717, 1.165) is 54.4 Å². The molecule has 1 aliphatic rings. The number of carbonyl (C=O) groups is 1. The van der Waals surface area contributed by atoms with Gasteiger partial charge in [-0.25, -0.2) is 4.68 Å². The molecule has 0 aliphatic carbocycles. The van der Waals surface area contributed by atoms with E-state index in [2.05, 4.69) is 37.6 Å². The van der Waals surface area contributed by atoms with Gasteiger partial charge in [-0.05, 0) is 68.6 Å². The molecular weight excluding hydrogens is 464 g/mol. The highest BCUT2D eigenvalue weighted by Gasteiger charge is 2.23. The molecule has 5 rings (SSSR count). The van der Waals surface area contributed by atoms with Gasteiger partial charge >= 0.3 is 11.8 Å². The van der Waals surface area contributed by atoms with Crippen molar-refractivity contribution in [3.05, 3.63) is 83.0 Å². The van der Waals surface area contributed by atoms with Crippen molar-refractivity contribution in [1.82, 2.24) is 30.1 Å². The molecule has 4 aromatic rings. The zero-order chi connectivity index (χ0) is 24.2. The fourth-order valence-corrected chi connectivity index (χ4v) is 4.45. The van der Waals surface area contributed by atoms with Crippen molar-refractivity contribution < 1.29 is 9.32 Å². The second-order valence-electron chi connectivity index (χ2n) is 8.89. The molecule has 1 aliphatic heterocycles. The number of hydrogen-bond donors (Lipinski definition) is 1. The second kappa shape index (κ2) is 10.4. The lowest BCUT2D eigenvalue weighted by Gasteiger charge is -2.32. The number of carbonyl (C=O) groups excluding carboxylic acids is 1. The number of halogens is 1. The molecule has 1 N–H and O–H groups in total. The maximum Gasteiger partial charge on any atom is 0.316 e. The second-order valence-corrected chi connectivity index (χ2v) is 9.32.